The highest BCUT2D eigenvalue weighted by atomic mass is 16.5. The van der Waals surface area contributed by atoms with Crippen LogP contribution in [0.4, 0.5) is 5.82 Å². The Hall–Kier alpha value is -3.93. The summed E-state index contributed by atoms with van der Waals surface area (Å²) in [5, 5.41) is 18.7. The highest BCUT2D eigenvalue weighted by Crippen LogP contribution is 2.30. The molecule has 28 heavy (non-hydrogen) atoms. The van der Waals surface area contributed by atoms with Crippen molar-refractivity contribution in [2.24, 2.45) is 4.99 Å². The van der Waals surface area contributed by atoms with Crippen molar-refractivity contribution in [1.29, 1.82) is 0 Å². The van der Waals surface area contributed by atoms with Crippen molar-refractivity contribution >= 4 is 12.0 Å². The smallest absolute Gasteiger partial charge is 0.184 e. The summed E-state index contributed by atoms with van der Waals surface area (Å²) in [6, 6.07) is 24.3. The van der Waals surface area contributed by atoms with Crippen LogP contribution in [-0.2, 0) is 0 Å². The van der Waals surface area contributed by atoms with Gasteiger partial charge in [-0.3, -0.25) is 0 Å². The SMILES string of the molecule is COc1ccc(-n2nnc(-c3ccccc3)c2/N=C/c2ccccc2O)cc1. The zero-order chi connectivity index (χ0) is 19.3. The quantitative estimate of drug-likeness (QED) is 0.529. The third-order valence-electron chi connectivity index (χ3n) is 4.27. The molecule has 0 aliphatic rings. The van der Waals surface area contributed by atoms with Crippen LogP contribution in [0.1, 0.15) is 5.56 Å². The average Bonchev–Trinajstić information content (AvgIpc) is 3.18. The van der Waals surface area contributed by atoms with Crippen LogP contribution in [0.2, 0.25) is 0 Å². The van der Waals surface area contributed by atoms with Gasteiger partial charge in [0.2, 0.25) is 0 Å². The highest BCUT2D eigenvalue weighted by Gasteiger charge is 2.15. The van der Waals surface area contributed by atoms with Gasteiger partial charge in [0.15, 0.2) is 5.82 Å². The fourth-order valence-electron chi connectivity index (χ4n) is 2.80. The van der Waals surface area contributed by atoms with Crippen LogP contribution in [0, 0.1) is 0 Å². The lowest BCUT2D eigenvalue weighted by Crippen LogP contribution is -1.97. The standard InChI is InChI=1S/C22H18N4O2/c1-28-19-13-11-18(12-14-19)26-22(23-15-17-9-5-6-10-20(17)27)21(24-25-26)16-7-3-2-4-8-16/h2-15,27H,1H3/b23-15+. The number of ether oxygens (including phenoxy) is 1. The number of hydrogen-bond acceptors (Lipinski definition) is 5. The maximum atomic E-state index is 10.0. The third kappa shape index (κ3) is 3.48. The molecule has 3 aromatic carbocycles. The number of para-hydroxylation sites is 1. The van der Waals surface area contributed by atoms with Gasteiger partial charge in [-0.15, -0.1) is 5.10 Å². The zero-order valence-electron chi connectivity index (χ0n) is 15.2. The van der Waals surface area contributed by atoms with Crippen LogP contribution in [0.25, 0.3) is 16.9 Å². The molecule has 0 amide bonds. The summed E-state index contributed by atoms with van der Waals surface area (Å²) < 4.78 is 6.89. The van der Waals surface area contributed by atoms with Crippen molar-refractivity contribution in [3.8, 4) is 28.4 Å². The van der Waals surface area contributed by atoms with E-state index in [9.17, 15) is 5.11 Å². The molecule has 6 heteroatoms. The summed E-state index contributed by atoms with van der Waals surface area (Å²) in [4.78, 5) is 4.61. The summed E-state index contributed by atoms with van der Waals surface area (Å²) in [5.41, 5.74) is 2.98. The van der Waals surface area contributed by atoms with Gasteiger partial charge in [0.05, 0.1) is 12.8 Å². The van der Waals surface area contributed by atoms with E-state index >= 15 is 0 Å². The Kier molecular flexibility index (Phi) is 4.84. The Morgan fingerprint density at radius 3 is 2.36 bits per heavy atom. The second-order valence-corrected chi connectivity index (χ2v) is 6.05. The zero-order valence-corrected chi connectivity index (χ0v) is 15.2. The Bertz CT molecular complexity index is 1100. The molecule has 0 atom stereocenters. The molecule has 6 nitrogen and oxygen atoms in total. The van der Waals surface area contributed by atoms with E-state index in [0.717, 1.165) is 17.0 Å². The molecular formula is C22H18N4O2. The van der Waals surface area contributed by atoms with Crippen molar-refractivity contribution < 1.29 is 9.84 Å². The van der Waals surface area contributed by atoms with Crippen LogP contribution in [0.15, 0.2) is 83.9 Å². The number of nitrogens with zero attached hydrogens (tertiary/aromatic N) is 4. The summed E-state index contributed by atoms with van der Waals surface area (Å²) in [5.74, 6) is 1.49. The molecule has 0 bridgehead atoms. The van der Waals surface area contributed by atoms with Gasteiger partial charge in [0.1, 0.15) is 17.2 Å². The van der Waals surface area contributed by atoms with Crippen LogP contribution >= 0.6 is 0 Å². The van der Waals surface area contributed by atoms with Crippen LogP contribution in [-0.4, -0.2) is 33.4 Å². The number of rotatable bonds is 5. The summed E-state index contributed by atoms with van der Waals surface area (Å²) >= 11 is 0. The van der Waals surface area contributed by atoms with E-state index in [1.54, 1.807) is 36.2 Å². The van der Waals surface area contributed by atoms with Gasteiger partial charge >= 0.3 is 0 Å². The number of phenolic OH excluding ortho intramolecular Hbond substituents is 1. The van der Waals surface area contributed by atoms with Gasteiger partial charge in [0.25, 0.3) is 0 Å². The minimum atomic E-state index is 0.163. The number of benzene rings is 3. The lowest BCUT2D eigenvalue weighted by Gasteiger charge is -2.06. The summed E-state index contributed by atoms with van der Waals surface area (Å²) in [6.45, 7) is 0. The number of aromatic nitrogens is 3. The van der Waals surface area contributed by atoms with E-state index in [1.165, 1.54) is 0 Å². The minimum Gasteiger partial charge on any atom is -0.507 e. The van der Waals surface area contributed by atoms with E-state index < -0.39 is 0 Å². The molecule has 4 aromatic rings. The normalized spacial score (nSPS) is 11.0. The molecule has 0 unspecified atom stereocenters. The lowest BCUT2D eigenvalue weighted by atomic mass is 10.1. The van der Waals surface area contributed by atoms with Crippen molar-refractivity contribution in [3.63, 3.8) is 0 Å². The topological polar surface area (TPSA) is 72.5 Å². The monoisotopic (exact) mass is 370 g/mol. The fraction of sp³-hybridized carbons (Fsp3) is 0.0455. The molecule has 1 aromatic heterocycles. The maximum absolute atomic E-state index is 10.0. The first-order valence-electron chi connectivity index (χ1n) is 8.74. The van der Waals surface area contributed by atoms with Crippen LogP contribution in [0.3, 0.4) is 0 Å². The lowest BCUT2D eigenvalue weighted by molar-refractivity contribution is 0.414. The molecule has 0 fully saturated rings. The first-order chi connectivity index (χ1) is 13.8. The molecular weight excluding hydrogens is 352 g/mol. The Morgan fingerprint density at radius 1 is 0.929 bits per heavy atom. The number of phenols is 1. The Labute approximate surface area is 162 Å². The number of methoxy groups -OCH3 is 1. The van der Waals surface area contributed by atoms with E-state index in [-0.39, 0.29) is 5.75 Å². The first-order valence-corrected chi connectivity index (χ1v) is 8.74. The molecule has 1 heterocycles. The largest absolute Gasteiger partial charge is 0.507 e. The van der Waals surface area contributed by atoms with E-state index in [2.05, 4.69) is 15.3 Å². The van der Waals surface area contributed by atoms with Crippen molar-refractivity contribution in [2.75, 3.05) is 7.11 Å². The molecule has 0 aliphatic heterocycles. The second kappa shape index (κ2) is 7.75. The molecule has 0 radical (unpaired) electrons. The first kappa shape index (κ1) is 17.5. The predicted octanol–water partition coefficient (Wildman–Crippen LogP) is 4.40. The van der Waals surface area contributed by atoms with Gasteiger partial charge < -0.3 is 9.84 Å². The van der Waals surface area contributed by atoms with E-state index in [4.69, 9.17) is 4.74 Å². The van der Waals surface area contributed by atoms with Crippen molar-refractivity contribution in [1.82, 2.24) is 15.0 Å². The van der Waals surface area contributed by atoms with Gasteiger partial charge in [-0.05, 0) is 36.4 Å². The molecule has 4 rings (SSSR count). The molecule has 1 N–H and O–H groups in total. The Balaban J connectivity index is 1.82. The van der Waals surface area contributed by atoms with Crippen molar-refractivity contribution in [2.45, 2.75) is 0 Å². The van der Waals surface area contributed by atoms with E-state index in [1.807, 2.05) is 60.7 Å². The third-order valence-corrected chi connectivity index (χ3v) is 4.27. The summed E-state index contributed by atoms with van der Waals surface area (Å²) in [6.07, 6.45) is 1.61. The average molecular weight is 370 g/mol. The molecule has 0 saturated heterocycles. The Morgan fingerprint density at radius 2 is 1.64 bits per heavy atom. The van der Waals surface area contributed by atoms with Gasteiger partial charge in [0, 0.05) is 17.3 Å². The predicted molar refractivity (Wildman–Crippen MR) is 109 cm³/mol. The molecule has 0 spiro atoms. The molecule has 138 valence electrons. The van der Waals surface area contributed by atoms with Crippen molar-refractivity contribution in [3.05, 3.63) is 84.4 Å². The summed E-state index contributed by atoms with van der Waals surface area (Å²) in [7, 11) is 1.63. The minimum absolute atomic E-state index is 0.163. The highest BCUT2D eigenvalue weighted by molar-refractivity contribution is 5.86. The van der Waals surface area contributed by atoms with E-state index in [0.29, 0.717) is 17.1 Å². The fourth-order valence-corrected chi connectivity index (χ4v) is 2.80. The van der Waals surface area contributed by atoms with Gasteiger partial charge in [-0.1, -0.05) is 47.7 Å². The molecule has 0 aliphatic carbocycles. The second-order valence-electron chi connectivity index (χ2n) is 6.05. The van der Waals surface area contributed by atoms with Crippen LogP contribution < -0.4 is 4.74 Å². The maximum Gasteiger partial charge on any atom is 0.184 e. The number of hydrogen-bond donors (Lipinski definition) is 1. The van der Waals surface area contributed by atoms with Gasteiger partial charge in [-0.25, -0.2) is 4.99 Å². The van der Waals surface area contributed by atoms with Crippen LogP contribution in [0.5, 0.6) is 11.5 Å². The number of aliphatic imine (C=N–C) groups is 1. The van der Waals surface area contributed by atoms with Gasteiger partial charge in [-0.2, -0.15) is 4.68 Å². The molecule has 0 saturated carbocycles. The number of aromatic hydroxyl groups is 1.